The third-order valence-corrected chi connectivity index (χ3v) is 5.67. The van der Waals surface area contributed by atoms with Gasteiger partial charge < -0.3 is 5.32 Å². The van der Waals surface area contributed by atoms with Crippen molar-refractivity contribution in [1.82, 2.24) is 9.55 Å². The first-order chi connectivity index (χ1) is 15.4. The molecule has 0 aliphatic rings. The summed E-state index contributed by atoms with van der Waals surface area (Å²) in [6.45, 7) is 1.96. The van der Waals surface area contributed by atoms with Gasteiger partial charge in [0.2, 0.25) is 5.91 Å². The molecule has 0 aliphatic heterocycles. The Hall–Kier alpha value is -3.98. The van der Waals surface area contributed by atoms with Crippen LogP contribution in [0.4, 0.5) is 11.4 Å². The van der Waals surface area contributed by atoms with Crippen molar-refractivity contribution in [3.05, 3.63) is 98.8 Å². The highest BCUT2D eigenvalue weighted by Gasteiger charge is 2.15. The van der Waals surface area contributed by atoms with E-state index in [-0.39, 0.29) is 22.9 Å². The van der Waals surface area contributed by atoms with Crippen molar-refractivity contribution < 1.29 is 9.72 Å². The number of fused-ring (bicyclic) bond motifs is 1. The van der Waals surface area contributed by atoms with E-state index in [1.54, 1.807) is 24.3 Å². The predicted molar refractivity (Wildman–Crippen MR) is 125 cm³/mol. The van der Waals surface area contributed by atoms with Gasteiger partial charge in [-0.05, 0) is 43.3 Å². The van der Waals surface area contributed by atoms with Crippen LogP contribution < -0.4 is 10.9 Å². The summed E-state index contributed by atoms with van der Waals surface area (Å²) in [4.78, 5) is 40.6. The topological polar surface area (TPSA) is 107 Å². The Kier molecular flexibility index (Phi) is 6.00. The van der Waals surface area contributed by atoms with Crippen molar-refractivity contribution in [2.24, 2.45) is 0 Å². The molecule has 0 radical (unpaired) electrons. The zero-order valence-corrected chi connectivity index (χ0v) is 17.8. The maximum absolute atomic E-state index is 13.2. The number of carbonyl (C=O) groups is 1. The molecule has 0 unspecified atom stereocenters. The number of non-ortho nitro benzene ring substituents is 1. The largest absolute Gasteiger partial charge is 0.325 e. The van der Waals surface area contributed by atoms with Crippen LogP contribution in [-0.4, -0.2) is 26.1 Å². The van der Waals surface area contributed by atoms with Crippen LogP contribution in [0.1, 0.15) is 5.56 Å². The second-order valence-corrected chi connectivity index (χ2v) is 7.97. The van der Waals surface area contributed by atoms with Gasteiger partial charge in [0.1, 0.15) is 0 Å². The smallest absolute Gasteiger partial charge is 0.269 e. The number of hydrogen-bond acceptors (Lipinski definition) is 6. The van der Waals surface area contributed by atoms with Gasteiger partial charge in [0.25, 0.3) is 11.2 Å². The van der Waals surface area contributed by atoms with E-state index in [1.165, 1.54) is 28.8 Å². The third-order valence-electron chi connectivity index (χ3n) is 4.73. The minimum Gasteiger partial charge on any atom is -0.325 e. The van der Waals surface area contributed by atoms with Crippen LogP contribution in [0.15, 0.2) is 82.7 Å². The number of rotatable bonds is 6. The standard InChI is InChI=1S/C23H18N4O4S/c1-15-6-10-17(11-7-15)26-22(29)19-4-2-3-5-20(19)25-23(26)32-14-21(28)24-16-8-12-18(13-9-16)27(30)31/h2-13H,14H2,1H3,(H,24,28). The van der Waals surface area contributed by atoms with Crippen molar-refractivity contribution in [1.29, 1.82) is 0 Å². The molecule has 3 aromatic carbocycles. The lowest BCUT2D eigenvalue weighted by Crippen LogP contribution is -2.23. The summed E-state index contributed by atoms with van der Waals surface area (Å²) in [5, 5.41) is 14.4. The molecule has 32 heavy (non-hydrogen) atoms. The van der Waals surface area contributed by atoms with Crippen molar-refractivity contribution in [3.63, 3.8) is 0 Å². The minimum absolute atomic E-state index is 0.00757. The molecular formula is C23H18N4O4S. The molecule has 9 heteroatoms. The highest BCUT2D eigenvalue weighted by Crippen LogP contribution is 2.22. The van der Waals surface area contributed by atoms with Crippen molar-refractivity contribution in [3.8, 4) is 5.69 Å². The monoisotopic (exact) mass is 446 g/mol. The molecule has 0 bridgehead atoms. The Morgan fingerprint density at radius 3 is 2.44 bits per heavy atom. The lowest BCUT2D eigenvalue weighted by molar-refractivity contribution is -0.384. The highest BCUT2D eigenvalue weighted by atomic mass is 32.2. The fraction of sp³-hybridized carbons (Fsp3) is 0.0870. The van der Waals surface area contributed by atoms with Crippen LogP contribution in [0.3, 0.4) is 0 Å². The van der Waals surface area contributed by atoms with E-state index >= 15 is 0 Å². The number of nitrogens with one attached hydrogen (secondary N) is 1. The number of hydrogen-bond donors (Lipinski definition) is 1. The van der Waals surface area contributed by atoms with Gasteiger partial charge in [0, 0.05) is 17.8 Å². The predicted octanol–water partition coefficient (Wildman–Crippen LogP) is 4.33. The van der Waals surface area contributed by atoms with Gasteiger partial charge in [-0.2, -0.15) is 0 Å². The van der Waals surface area contributed by atoms with Gasteiger partial charge in [-0.3, -0.25) is 24.3 Å². The van der Waals surface area contributed by atoms with Gasteiger partial charge in [0.05, 0.1) is 27.3 Å². The highest BCUT2D eigenvalue weighted by molar-refractivity contribution is 7.99. The van der Waals surface area contributed by atoms with Crippen LogP contribution in [0.5, 0.6) is 0 Å². The second kappa shape index (κ2) is 9.03. The lowest BCUT2D eigenvalue weighted by atomic mass is 10.2. The number of nitro benzene ring substituents is 1. The van der Waals surface area contributed by atoms with E-state index in [9.17, 15) is 19.7 Å². The summed E-state index contributed by atoms with van der Waals surface area (Å²) >= 11 is 1.14. The SMILES string of the molecule is Cc1ccc(-n2c(SCC(=O)Nc3ccc([N+](=O)[O-])cc3)nc3ccccc3c2=O)cc1. The van der Waals surface area contributed by atoms with E-state index < -0.39 is 4.92 Å². The van der Waals surface area contributed by atoms with Gasteiger partial charge in [0.15, 0.2) is 5.16 Å². The molecule has 4 aromatic rings. The van der Waals surface area contributed by atoms with Crippen LogP contribution in [0, 0.1) is 17.0 Å². The first-order valence-corrected chi connectivity index (χ1v) is 10.7. The van der Waals surface area contributed by atoms with E-state index in [0.29, 0.717) is 27.4 Å². The number of amides is 1. The number of nitrogens with zero attached hydrogens (tertiary/aromatic N) is 3. The summed E-state index contributed by atoms with van der Waals surface area (Å²) in [5.74, 6) is -0.310. The maximum atomic E-state index is 13.2. The number of nitro groups is 1. The second-order valence-electron chi connectivity index (χ2n) is 7.03. The molecular weight excluding hydrogens is 428 g/mol. The van der Waals surface area contributed by atoms with Gasteiger partial charge in [-0.25, -0.2) is 4.98 Å². The summed E-state index contributed by atoms with van der Waals surface area (Å²) in [6, 6.07) is 20.2. The first-order valence-electron chi connectivity index (χ1n) is 9.68. The molecule has 0 saturated heterocycles. The van der Waals surface area contributed by atoms with E-state index in [4.69, 9.17) is 0 Å². The summed E-state index contributed by atoms with van der Waals surface area (Å²) in [7, 11) is 0. The molecule has 160 valence electrons. The molecule has 1 aromatic heterocycles. The molecule has 0 atom stereocenters. The third kappa shape index (κ3) is 4.52. The fourth-order valence-corrected chi connectivity index (χ4v) is 3.94. The van der Waals surface area contributed by atoms with E-state index in [1.807, 2.05) is 31.2 Å². The van der Waals surface area contributed by atoms with Crippen LogP contribution in [0.25, 0.3) is 16.6 Å². The summed E-state index contributed by atoms with van der Waals surface area (Å²) < 4.78 is 1.51. The van der Waals surface area contributed by atoms with Crippen molar-refractivity contribution in [2.75, 3.05) is 11.1 Å². The average Bonchev–Trinajstić information content (AvgIpc) is 2.79. The normalized spacial score (nSPS) is 10.8. The molecule has 1 amide bonds. The first kappa shape index (κ1) is 21.3. The van der Waals surface area contributed by atoms with E-state index in [2.05, 4.69) is 10.3 Å². The Bertz CT molecular complexity index is 1370. The molecule has 0 spiro atoms. The molecule has 4 rings (SSSR count). The van der Waals surface area contributed by atoms with Crippen molar-refractivity contribution in [2.45, 2.75) is 12.1 Å². The molecule has 0 fully saturated rings. The fourth-order valence-electron chi connectivity index (χ4n) is 3.12. The molecule has 1 N–H and O–H groups in total. The Labute approximate surface area is 187 Å². The summed E-state index contributed by atoms with van der Waals surface area (Å²) in [5.41, 5.74) is 2.46. The number of benzene rings is 3. The molecule has 0 aliphatic carbocycles. The van der Waals surface area contributed by atoms with Gasteiger partial charge in [-0.15, -0.1) is 0 Å². The zero-order chi connectivity index (χ0) is 22.7. The zero-order valence-electron chi connectivity index (χ0n) is 17.0. The summed E-state index contributed by atoms with van der Waals surface area (Å²) in [6.07, 6.45) is 0. The number of anilines is 1. The Morgan fingerprint density at radius 1 is 1.06 bits per heavy atom. The number of carbonyl (C=O) groups excluding carboxylic acids is 1. The van der Waals surface area contributed by atoms with Gasteiger partial charge >= 0.3 is 0 Å². The van der Waals surface area contributed by atoms with Crippen LogP contribution in [-0.2, 0) is 4.79 Å². The minimum atomic E-state index is -0.503. The number of aryl methyl sites for hydroxylation is 1. The number of para-hydroxylation sites is 1. The Morgan fingerprint density at radius 2 is 1.75 bits per heavy atom. The number of thioether (sulfide) groups is 1. The molecule has 0 saturated carbocycles. The van der Waals surface area contributed by atoms with Crippen LogP contribution >= 0.6 is 11.8 Å². The van der Waals surface area contributed by atoms with Gasteiger partial charge in [-0.1, -0.05) is 41.6 Å². The molecule has 8 nitrogen and oxygen atoms in total. The van der Waals surface area contributed by atoms with E-state index in [0.717, 1.165) is 17.3 Å². The number of aromatic nitrogens is 2. The Balaban J connectivity index is 1.61. The van der Waals surface area contributed by atoms with Crippen LogP contribution in [0.2, 0.25) is 0 Å². The maximum Gasteiger partial charge on any atom is 0.269 e. The molecule has 1 heterocycles. The lowest BCUT2D eigenvalue weighted by Gasteiger charge is -2.13. The van der Waals surface area contributed by atoms with Crippen molar-refractivity contribution >= 4 is 39.9 Å². The average molecular weight is 446 g/mol. The quantitative estimate of drug-likeness (QED) is 0.204.